The van der Waals surface area contributed by atoms with Gasteiger partial charge in [-0.15, -0.1) is 0 Å². The highest BCUT2D eigenvalue weighted by Crippen LogP contribution is 2.33. The first kappa shape index (κ1) is 31.3. The monoisotopic (exact) mass is 539 g/mol. The molecule has 0 fully saturated rings. The van der Waals surface area contributed by atoms with Crippen molar-refractivity contribution in [1.82, 2.24) is 0 Å². The van der Waals surface area contributed by atoms with E-state index in [1.807, 2.05) is 27.7 Å². The highest BCUT2D eigenvalue weighted by Gasteiger charge is 2.24. The van der Waals surface area contributed by atoms with E-state index in [9.17, 15) is 9.59 Å². The third-order valence-corrected chi connectivity index (χ3v) is 10.4. The number of Topliss-reactive ketones (excluding diaryl/α,β-unsaturated/α-hetero) is 2. The molecule has 0 bridgehead atoms. The minimum absolute atomic E-state index is 0.142. The molecule has 2 N–H and O–H groups in total. The van der Waals surface area contributed by atoms with Crippen LogP contribution >= 0.6 is 0 Å². The van der Waals surface area contributed by atoms with E-state index in [0.717, 1.165) is 56.6 Å². The molecule has 0 aromatic heterocycles. The highest BCUT2D eigenvalue weighted by atomic mass is 16.1. The molecule has 3 nitrogen and oxygen atoms in total. The van der Waals surface area contributed by atoms with Crippen LogP contribution in [0.25, 0.3) is 0 Å². The lowest BCUT2D eigenvalue weighted by Gasteiger charge is -2.21. The normalized spacial score (nSPS) is 11.3. The zero-order valence-corrected chi connectivity index (χ0v) is 27.2. The van der Waals surface area contributed by atoms with Crippen molar-refractivity contribution in [3.8, 4) is 0 Å². The van der Waals surface area contributed by atoms with E-state index in [1.165, 1.54) is 50.1 Å². The molecule has 3 heteroatoms. The van der Waals surface area contributed by atoms with Crippen LogP contribution in [0.5, 0.6) is 0 Å². The number of rotatable bonds is 8. The Morgan fingerprint density at radius 2 is 0.650 bits per heavy atom. The first-order chi connectivity index (χ1) is 18.5. The Bertz CT molecular complexity index is 1350. The molecule has 214 valence electrons. The van der Waals surface area contributed by atoms with Gasteiger partial charge in [0.15, 0.2) is 11.6 Å². The average Bonchev–Trinajstić information content (AvgIpc) is 2.92. The van der Waals surface area contributed by atoms with Gasteiger partial charge in [-0.3, -0.25) is 9.59 Å². The van der Waals surface area contributed by atoms with Gasteiger partial charge in [0.2, 0.25) is 0 Å². The average molecular weight is 540 g/mol. The minimum Gasteiger partial charge on any atom is -0.398 e. The Morgan fingerprint density at radius 1 is 0.400 bits per heavy atom. The Labute approximate surface area is 242 Å². The maximum absolute atomic E-state index is 13.7. The largest absolute Gasteiger partial charge is 0.398 e. The van der Waals surface area contributed by atoms with Crippen LogP contribution in [0.15, 0.2) is 0 Å². The number of carbonyl (C=O) groups excluding carboxylic acids is 2. The molecule has 3 rings (SSSR count). The predicted molar refractivity (Wildman–Crippen MR) is 171 cm³/mol. The van der Waals surface area contributed by atoms with Crippen molar-refractivity contribution in [2.45, 2.75) is 116 Å². The molecule has 0 saturated carbocycles. The van der Waals surface area contributed by atoms with Gasteiger partial charge < -0.3 is 5.73 Å². The molecule has 0 aliphatic rings. The summed E-state index contributed by atoms with van der Waals surface area (Å²) in [6.45, 7) is 27.2. The summed E-state index contributed by atoms with van der Waals surface area (Å²) in [5.41, 5.74) is 26.1. The van der Waals surface area contributed by atoms with Crippen molar-refractivity contribution in [2.24, 2.45) is 0 Å². The lowest BCUT2D eigenvalue weighted by molar-refractivity contribution is 0.0969. The molecule has 0 amide bonds. The van der Waals surface area contributed by atoms with Crippen LogP contribution in [0.1, 0.15) is 117 Å². The number of nitrogens with two attached hydrogens (primary N) is 1. The summed E-state index contributed by atoms with van der Waals surface area (Å²) in [5, 5.41) is 0. The number of benzene rings is 3. The number of hydrogen-bond acceptors (Lipinski definition) is 3. The second-order valence-electron chi connectivity index (χ2n) is 12.1. The van der Waals surface area contributed by atoms with Crippen molar-refractivity contribution < 1.29 is 9.59 Å². The molecule has 3 aromatic rings. The second-order valence-corrected chi connectivity index (χ2v) is 12.1. The molecule has 0 radical (unpaired) electrons. The van der Waals surface area contributed by atoms with E-state index in [4.69, 9.17) is 5.73 Å². The van der Waals surface area contributed by atoms with E-state index < -0.39 is 0 Å². The van der Waals surface area contributed by atoms with E-state index in [2.05, 4.69) is 62.3 Å². The molecular weight excluding hydrogens is 490 g/mol. The number of nitrogen functional groups attached to an aromatic ring is 1. The maximum Gasteiger partial charge on any atom is 0.163 e. The summed E-state index contributed by atoms with van der Waals surface area (Å²) in [6.07, 6.45) is 2.31. The third-order valence-electron chi connectivity index (χ3n) is 10.4. The van der Waals surface area contributed by atoms with Crippen molar-refractivity contribution in [3.05, 3.63) is 94.6 Å². The van der Waals surface area contributed by atoms with Crippen LogP contribution in [0.4, 0.5) is 5.69 Å². The topological polar surface area (TPSA) is 60.2 Å². The molecule has 0 aliphatic carbocycles. The Kier molecular flexibility index (Phi) is 9.19. The van der Waals surface area contributed by atoms with Crippen LogP contribution < -0.4 is 5.73 Å². The summed E-state index contributed by atoms with van der Waals surface area (Å²) < 4.78 is 0. The van der Waals surface area contributed by atoms with Crippen LogP contribution in [-0.4, -0.2) is 11.6 Å². The predicted octanol–water partition coefficient (Wildman–Crippen LogP) is 8.91. The van der Waals surface area contributed by atoms with Gasteiger partial charge in [-0.05, 0) is 186 Å². The molecule has 0 heterocycles. The third kappa shape index (κ3) is 5.28. The SMILES string of the molecule is Cc1c(C)c(C)c(CCC(=O)c2c(C)c(C)c(C(=O)CCc3c(C)c(C)c(N)c(C)c3C)c(C)c2C)c(C)c1C. The number of hydrogen-bond donors (Lipinski definition) is 1. The quantitative estimate of drug-likeness (QED) is 0.230. The fourth-order valence-electron chi connectivity index (χ4n) is 6.62. The molecule has 0 spiro atoms. The van der Waals surface area contributed by atoms with Crippen molar-refractivity contribution in [3.63, 3.8) is 0 Å². The van der Waals surface area contributed by atoms with E-state index in [1.54, 1.807) is 0 Å². The number of ketones is 2. The molecular formula is C37H49NO2. The fourth-order valence-corrected chi connectivity index (χ4v) is 6.62. The molecule has 0 aliphatic heterocycles. The summed E-state index contributed by atoms with van der Waals surface area (Å²) in [5.74, 6) is 0.303. The van der Waals surface area contributed by atoms with E-state index >= 15 is 0 Å². The van der Waals surface area contributed by atoms with Crippen LogP contribution in [-0.2, 0) is 12.8 Å². The summed E-state index contributed by atoms with van der Waals surface area (Å²) in [4.78, 5) is 27.4. The lowest BCUT2D eigenvalue weighted by Crippen LogP contribution is -2.16. The van der Waals surface area contributed by atoms with Gasteiger partial charge in [0.1, 0.15) is 0 Å². The standard InChI is InChI=1S/C37H49NO2/c1-18-19(2)21(4)31(22(5)20(18)3)14-16-33(39)35-25(8)27(10)36(28(11)26(35)9)34(40)17-15-32-23(6)29(12)37(38)30(13)24(32)7/h14-17,38H2,1-13H3. The molecule has 0 unspecified atom stereocenters. The number of carbonyl (C=O) groups is 2. The van der Waals surface area contributed by atoms with Crippen molar-refractivity contribution >= 4 is 17.3 Å². The number of anilines is 1. The van der Waals surface area contributed by atoms with Gasteiger partial charge in [-0.2, -0.15) is 0 Å². The molecule has 40 heavy (non-hydrogen) atoms. The second kappa shape index (κ2) is 11.7. The van der Waals surface area contributed by atoms with E-state index in [0.29, 0.717) is 19.3 Å². The summed E-state index contributed by atoms with van der Waals surface area (Å²) in [6, 6.07) is 0. The van der Waals surface area contributed by atoms with Crippen molar-refractivity contribution in [2.75, 3.05) is 5.73 Å². The lowest BCUT2D eigenvalue weighted by atomic mass is 9.82. The van der Waals surface area contributed by atoms with Gasteiger partial charge >= 0.3 is 0 Å². The zero-order valence-electron chi connectivity index (χ0n) is 27.2. The van der Waals surface area contributed by atoms with Crippen LogP contribution in [0.2, 0.25) is 0 Å². The zero-order chi connectivity index (χ0) is 30.4. The van der Waals surface area contributed by atoms with Gasteiger partial charge in [-0.25, -0.2) is 0 Å². The van der Waals surface area contributed by atoms with E-state index in [-0.39, 0.29) is 11.6 Å². The maximum atomic E-state index is 13.7. The highest BCUT2D eigenvalue weighted by molar-refractivity contribution is 6.04. The van der Waals surface area contributed by atoms with Crippen molar-refractivity contribution in [1.29, 1.82) is 0 Å². The first-order valence-corrected chi connectivity index (χ1v) is 14.6. The van der Waals surface area contributed by atoms with Gasteiger partial charge in [0.05, 0.1) is 0 Å². The summed E-state index contributed by atoms with van der Waals surface area (Å²) in [7, 11) is 0. The molecule has 0 saturated heterocycles. The first-order valence-electron chi connectivity index (χ1n) is 14.6. The van der Waals surface area contributed by atoms with Crippen LogP contribution in [0, 0.1) is 90.0 Å². The molecule has 3 aromatic carbocycles. The van der Waals surface area contributed by atoms with Gasteiger partial charge in [0, 0.05) is 29.7 Å². The Morgan fingerprint density at radius 3 is 0.950 bits per heavy atom. The smallest absolute Gasteiger partial charge is 0.163 e. The Hall–Kier alpha value is -3.20. The molecule has 0 atom stereocenters. The Balaban J connectivity index is 1.91. The fraction of sp³-hybridized carbons (Fsp3) is 0.459. The van der Waals surface area contributed by atoms with Gasteiger partial charge in [0.25, 0.3) is 0 Å². The van der Waals surface area contributed by atoms with Gasteiger partial charge in [-0.1, -0.05) is 0 Å². The summed E-state index contributed by atoms with van der Waals surface area (Å²) >= 11 is 0. The van der Waals surface area contributed by atoms with Crippen LogP contribution in [0.3, 0.4) is 0 Å². The minimum atomic E-state index is 0.142.